The normalized spacial score (nSPS) is 11.3. The van der Waals surface area contributed by atoms with Crippen molar-refractivity contribution >= 4 is 29.3 Å². The molecule has 0 aliphatic heterocycles. The van der Waals surface area contributed by atoms with Gasteiger partial charge in [-0.1, -0.05) is 6.92 Å². The van der Waals surface area contributed by atoms with E-state index in [1.54, 1.807) is 31.2 Å². The average molecular weight is 294 g/mol. The standard InChI is InChI=1S/C14H18N2O5/c1-9(8-13(18)19)7-12(17)15-10-3-5-11(6-4-10)16-14(20)21-2/h3-6,9H,7-8H2,1-2H3,(H,15,17)(H,16,20)(H,18,19). The van der Waals surface area contributed by atoms with Gasteiger partial charge in [0.2, 0.25) is 5.91 Å². The van der Waals surface area contributed by atoms with Crippen molar-refractivity contribution in [3.8, 4) is 0 Å². The van der Waals surface area contributed by atoms with E-state index in [9.17, 15) is 14.4 Å². The van der Waals surface area contributed by atoms with Gasteiger partial charge >= 0.3 is 12.1 Å². The number of hydrogen-bond donors (Lipinski definition) is 3. The average Bonchev–Trinajstić information content (AvgIpc) is 2.39. The van der Waals surface area contributed by atoms with Crippen molar-refractivity contribution in [2.75, 3.05) is 17.7 Å². The van der Waals surface area contributed by atoms with E-state index in [4.69, 9.17) is 5.11 Å². The summed E-state index contributed by atoms with van der Waals surface area (Å²) in [7, 11) is 1.27. The van der Waals surface area contributed by atoms with Gasteiger partial charge in [-0.3, -0.25) is 14.9 Å². The Hall–Kier alpha value is -2.57. The Kier molecular flexibility index (Phi) is 6.19. The highest BCUT2D eigenvalue weighted by Crippen LogP contribution is 2.15. The summed E-state index contributed by atoms with van der Waals surface area (Å²) in [5, 5.41) is 13.8. The van der Waals surface area contributed by atoms with Crippen molar-refractivity contribution in [3.63, 3.8) is 0 Å². The number of carbonyl (C=O) groups excluding carboxylic acids is 2. The van der Waals surface area contributed by atoms with Crippen molar-refractivity contribution in [2.45, 2.75) is 19.8 Å². The smallest absolute Gasteiger partial charge is 0.411 e. The number of aliphatic carboxylic acids is 1. The molecule has 3 N–H and O–H groups in total. The zero-order valence-corrected chi connectivity index (χ0v) is 11.9. The molecule has 0 saturated heterocycles. The van der Waals surface area contributed by atoms with Crippen molar-refractivity contribution in [3.05, 3.63) is 24.3 Å². The monoisotopic (exact) mass is 294 g/mol. The molecule has 114 valence electrons. The van der Waals surface area contributed by atoms with Crippen LogP contribution in [0.5, 0.6) is 0 Å². The van der Waals surface area contributed by atoms with Gasteiger partial charge < -0.3 is 15.2 Å². The van der Waals surface area contributed by atoms with Gasteiger partial charge in [-0.25, -0.2) is 4.79 Å². The number of methoxy groups -OCH3 is 1. The van der Waals surface area contributed by atoms with E-state index < -0.39 is 12.1 Å². The molecule has 1 aromatic carbocycles. The van der Waals surface area contributed by atoms with E-state index in [0.717, 1.165) is 0 Å². The maximum atomic E-state index is 11.7. The Morgan fingerprint density at radius 2 is 1.62 bits per heavy atom. The van der Waals surface area contributed by atoms with Crippen LogP contribution in [0.4, 0.5) is 16.2 Å². The molecular formula is C14H18N2O5. The number of hydrogen-bond acceptors (Lipinski definition) is 4. The number of carboxylic acid groups (broad SMARTS) is 1. The van der Waals surface area contributed by atoms with Gasteiger partial charge in [0.05, 0.1) is 7.11 Å². The van der Waals surface area contributed by atoms with Crippen LogP contribution in [0.3, 0.4) is 0 Å². The Morgan fingerprint density at radius 3 is 2.10 bits per heavy atom. The van der Waals surface area contributed by atoms with E-state index in [1.165, 1.54) is 7.11 Å². The van der Waals surface area contributed by atoms with Crippen LogP contribution in [-0.4, -0.2) is 30.2 Å². The summed E-state index contributed by atoms with van der Waals surface area (Å²) in [4.78, 5) is 33.2. The molecule has 0 fully saturated rings. The molecule has 1 rings (SSSR count). The second kappa shape index (κ2) is 7.88. The third-order valence-electron chi connectivity index (χ3n) is 2.66. The summed E-state index contributed by atoms with van der Waals surface area (Å²) in [5.41, 5.74) is 1.11. The number of carboxylic acids is 1. The highest BCUT2D eigenvalue weighted by molar-refractivity contribution is 5.91. The lowest BCUT2D eigenvalue weighted by molar-refractivity contribution is -0.138. The topological polar surface area (TPSA) is 105 Å². The number of anilines is 2. The third kappa shape index (κ3) is 6.42. The first-order valence-corrected chi connectivity index (χ1v) is 6.37. The fourth-order valence-electron chi connectivity index (χ4n) is 1.70. The maximum Gasteiger partial charge on any atom is 0.411 e. The third-order valence-corrected chi connectivity index (χ3v) is 2.66. The van der Waals surface area contributed by atoms with Gasteiger partial charge in [0.25, 0.3) is 0 Å². The predicted octanol–water partition coefficient (Wildman–Crippen LogP) is 2.30. The highest BCUT2D eigenvalue weighted by Gasteiger charge is 2.12. The number of ether oxygens (including phenoxy) is 1. The number of carbonyl (C=O) groups is 3. The molecule has 1 unspecified atom stereocenters. The summed E-state index contributed by atoms with van der Waals surface area (Å²) in [5.74, 6) is -1.41. The minimum absolute atomic E-state index is 0.0462. The summed E-state index contributed by atoms with van der Waals surface area (Å²) < 4.78 is 4.46. The maximum absolute atomic E-state index is 11.7. The minimum Gasteiger partial charge on any atom is -0.481 e. The lowest BCUT2D eigenvalue weighted by Crippen LogP contribution is -2.17. The fourth-order valence-corrected chi connectivity index (χ4v) is 1.70. The SMILES string of the molecule is COC(=O)Nc1ccc(NC(=O)CC(C)CC(=O)O)cc1. The van der Waals surface area contributed by atoms with Gasteiger partial charge in [0.1, 0.15) is 0 Å². The van der Waals surface area contributed by atoms with Gasteiger partial charge in [-0.15, -0.1) is 0 Å². The van der Waals surface area contributed by atoms with E-state index in [0.29, 0.717) is 11.4 Å². The number of rotatable bonds is 6. The first-order chi connectivity index (χ1) is 9.90. The zero-order valence-electron chi connectivity index (χ0n) is 11.9. The molecule has 0 radical (unpaired) electrons. The van der Waals surface area contributed by atoms with E-state index in [2.05, 4.69) is 15.4 Å². The lowest BCUT2D eigenvalue weighted by Gasteiger charge is -2.10. The predicted molar refractivity (Wildman–Crippen MR) is 77.1 cm³/mol. The second-order valence-corrected chi connectivity index (χ2v) is 4.65. The van der Waals surface area contributed by atoms with Crippen LogP contribution in [0, 0.1) is 5.92 Å². The molecule has 2 amide bonds. The van der Waals surface area contributed by atoms with E-state index >= 15 is 0 Å². The number of amides is 2. The molecule has 7 nitrogen and oxygen atoms in total. The Morgan fingerprint density at radius 1 is 1.10 bits per heavy atom. The van der Waals surface area contributed by atoms with Crippen molar-refractivity contribution < 1.29 is 24.2 Å². The van der Waals surface area contributed by atoms with Crippen molar-refractivity contribution in [2.24, 2.45) is 5.92 Å². The van der Waals surface area contributed by atoms with Gasteiger partial charge in [-0.05, 0) is 30.2 Å². The van der Waals surface area contributed by atoms with Crippen molar-refractivity contribution in [1.82, 2.24) is 0 Å². The molecular weight excluding hydrogens is 276 g/mol. The first kappa shape index (κ1) is 16.5. The zero-order chi connectivity index (χ0) is 15.8. The molecule has 1 atom stereocenters. The summed E-state index contributed by atoms with van der Waals surface area (Å²) in [6.45, 7) is 1.71. The van der Waals surface area contributed by atoms with Gasteiger partial charge in [0, 0.05) is 24.2 Å². The molecule has 1 aromatic rings. The molecule has 0 aliphatic rings. The number of benzene rings is 1. The van der Waals surface area contributed by atoms with Crippen LogP contribution in [0.25, 0.3) is 0 Å². The Bertz CT molecular complexity index is 513. The lowest BCUT2D eigenvalue weighted by atomic mass is 10.0. The van der Waals surface area contributed by atoms with E-state index in [1.807, 2.05) is 0 Å². The minimum atomic E-state index is -0.923. The van der Waals surface area contributed by atoms with Crippen molar-refractivity contribution in [1.29, 1.82) is 0 Å². The molecule has 0 spiro atoms. The van der Waals surface area contributed by atoms with E-state index in [-0.39, 0.29) is 24.7 Å². The molecule has 7 heteroatoms. The van der Waals surface area contributed by atoms with Gasteiger partial charge in [-0.2, -0.15) is 0 Å². The first-order valence-electron chi connectivity index (χ1n) is 6.37. The number of nitrogens with one attached hydrogen (secondary N) is 2. The summed E-state index contributed by atoms with van der Waals surface area (Å²) in [6.07, 6.45) is -0.488. The molecule has 0 bridgehead atoms. The van der Waals surface area contributed by atoms with Crippen LogP contribution in [0.15, 0.2) is 24.3 Å². The molecule has 0 aromatic heterocycles. The highest BCUT2D eigenvalue weighted by atomic mass is 16.5. The van der Waals surface area contributed by atoms with Crippen LogP contribution in [0.1, 0.15) is 19.8 Å². The molecule has 0 heterocycles. The molecule has 0 saturated carbocycles. The second-order valence-electron chi connectivity index (χ2n) is 4.65. The van der Waals surface area contributed by atoms with Crippen LogP contribution < -0.4 is 10.6 Å². The quantitative estimate of drug-likeness (QED) is 0.746. The van der Waals surface area contributed by atoms with Gasteiger partial charge in [0.15, 0.2) is 0 Å². The Balaban J connectivity index is 2.49. The largest absolute Gasteiger partial charge is 0.481 e. The molecule has 0 aliphatic carbocycles. The van der Waals surface area contributed by atoms with Crippen LogP contribution in [0.2, 0.25) is 0 Å². The molecule has 21 heavy (non-hydrogen) atoms. The fraction of sp³-hybridized carbons (Fsp3) is 0.357. The van der Waals surface area contributed by atoms with Crippen LogP contribution in [-0.2, 0) is 14.3 Å². The summed E-state index contributed by atoms with van der Waals surface area (Å²) in [6, 6.07) is 6.50. The van der Waals surface area contributed by atoms with Crippen LogP contribution >= 0.6 is 0 Å². The Labute approximate surface area is 122 Å². The summed E-state index contributed by atoms with van der Waals surface area (Å²) >= 11 is 0.